The first kappa shape index (κ1) is 8.43. The van der Waals surface area contributed by atoms with Crippen LogP contribution in [-0.4, -0.2) is 36.1 Å². The van der Waals surface area contributed by atoms with Crippen LogP contribution in [0.2, 0.25) is 0 Å². The molecular weight excluding hydrogens is 118 g/mol. The van der Waals surface area contributed by atoms with E-state index in [-0.39, 0.29) is 18.9 Å². The Labute approximate surface area is 55.3 Å². The van der Waals surface area contributed by atoms with E-state index in [4.69, 9.17) is 5.11 Å². The highest BCUT2D eigenvalue weighted by atomic mass is 16.3. The number of aliphatic hydroxyl groups is 1. The summed E-state index contributed by atoms with van der Waals surface area (Å²) in [6, 6.07) is 0. The van der Waals surface area contributed by atoms with E-state index in [1.54, 1.807) is 11.9 Å². The van der Waals surface area contributed by atoms with Gasteiger partial charge in [-0.25, -0.2) is 0 Å². The van der Waals surface area contributed by atoms with Gasteiger partial charge in [0, 0.05) is 20.0 Å². The summed E-state index contributed by atoms with van der Waals surface area (Å²) in [4.78, 5) is 12.3. The Morgan fingerprint density at radius 2 is 2.22 bits per heavy atom. The molecule has 0 radical (unpaired) electrons. The van der Waals surface area contributed by atoms with Crippen LogP contribution in [-0.2, 0) is 4.79 Å². The molecule has 9 heavy (non-hydrogen) atoms. The standard InChI is InChI=1S/C6H13NO2/c1-3-7(2)6(9)4-5-8/h8H,3-5H2,1-2H3. The maximum absolute atomic E-state index is 10.7. The van der Waals surface area contributed by atoms with Crippen LogP contribution in [0.5, 0.6) is 0 Å². The zero-order valence-electron chi connectivity index (χ0n) is 5.92. The lowest BCUT2D eigenvalue weighted by atomic mass is 10.4. The van der Waals surface area contributed by atoms with E-state index in [9.17, 15) is 4.79 Å². The molecule has 0 aromatic heterocycles. The first-order chi connectivity index (χ1) is 4.22. The Morgan fingerprint density at radius 3 is 2.56 bits per heavy atom. The van der Waals surface area contributed by atoms with E-state index in [1.165, 1.54) is 0 Å². The molecule has 0 aliphatic carbocycles. The smallest absolute Gasteiger partial charge is 0.224 e. The molecule has 0 saturated heterocycles. The number of nitrogens with zero attached hydrogens (tertiary/aromatic N) is 1. The molecule has 0 aromatic rings. The molecule has 0 rings (SSSR count). The normalized spacial score (nSPS) is 9.22. The van der Waals surface area contributed by atoms with Gasteiger partial charge in [-0.1, -0.05) is 0 Å². The number of hydrogen-bond acceptors (Lipinski definition) is 2. The highest BCUT2D eigenvalue weighted by Crippen LogP contribution is 1.87. The van der Waals surface area contributed by atoms with Crippen molar-refractivity contribution in [3.8, 4) is 0 Å². The van der Waals surface area contributed by atoms with Crippen LogP contribution >= 0.6 is 0 Å². The monoisotopic (exact) mass is 131 g/mol. The van der Waals surface area contributed by atoms with Crippen LogP contribution < -0.4 is 0 Å². The van der Waals surface area contributed by atoms with Gasteiger partial charge in [-0.15, -0.1) is 0 Å². The number of amides is 1. The third kappa shape index (κ3) is 3.08. The second-order valence-corrected chi connectivity index (χ2v) is 1.88. The fourth-order valence-electron chi connectivity index (χ4n) is 0.463. The van der Waals surface area contributed by atoms with Crippen LogP contribution in [0, 0.1) is 0 Å². The second kappa shape index (κ2) is 4.32. The van der Waals surface area contributed by atoms with Gasteiger partial charge in [-0.3, -0.25) is 4.79 Å². The molecule has 0 aliphatic heterocycles. The van der Waals surface area contributed by atoms with E-state index in [2.05, 4.69) is 0 Å². The van der Waals surface area contributed by atoms with Gasteiger partial charge in [0.2, 0.25) is 5.91 Å². The van der Waals surface area contributed by atoms with Gasteiger partial charge in [0.05, 0.1) is 6.61 Å². The molecule has 0 fully saturated rings. The molecule has 0 unspecified atom stereocenters. The van der Waals surface area contributed by atoms with Gasteiger partial charge >= 0.3 is 0 Å². The molecule has 1 N–H and O–H groups in total. The molecule has 3 heteroatoms. The number of rotatable bonds is 3. The molecule has 0 atom stereocenters. The zero-order valence-corrected chi connectivity index (χ0v) is 5.92. The molecule has 0 bridgehead atoms. The van der Waals surface area contributed by atoms with Crippen LogP contribution in [0.1, 0.15) is 13.3 Å². The van der Waals surface area contributed by atoms with Crippen molar-refractivity contribution in [2.24, 2.45) is 0 Å². The maximum Gasteiger partial charge on any atom is 0.224 e. The lowest BCUT2D eigenvalue weighted by Crippen LogP contribution is -2.26. The van der Waals surface area contributed by atoms with Gasteiger partial charge in [0.1, 0.15) is 0 Å². The number of carbonyl (C=O) groups excluding carboxylic acids is 1. The third-order valence-corrected chi connectivity index (χ3v) is 1.23. The van der Waals surface area contributed by atoms with E-state index in [1.807, 2.05) is 6.92 Å². The first-order valence-corrected chi connectivity index (χ1v) is 3.07. The first-order valence-electron chi connectivity index (χ1n) is 3.07. The van der Waals surface area contributed by atoms with E-state index in [0.29, 0.717) is 6.54 Å². The largest absolute Gasteiger partial charge is 0.396 e. The third-order valence-electron chi connectivity index (χ3n) is 1.23. The van der Waals surface area contributed by atoms with Crippen LogP contribution in [0.3, 0.4) is 0 Å². The van der Waals surface area contributed by atoms with Crippen LogP contribution in [0.4, 0.5) is 0 Å². The highest BCUT2D eigenvalue weighted by Gasteiger charge is 2.02. The van der Waals surface area contributed by atoms with E-state index >= 15 is 0 Å². The van der Waals surface area contributed by atoms with Gasteiger partial charge in [-0.2, -0.15) is 0 Å². The van der Waals surface area contributed by atoms with Crippen LogP contribution in [0.25, 0.3) is 0 Å². The van der Waals surface area contributed by atoms with Crippen molar-refractivity contribution < 1.29 is 9.90 Å². The Balaban J connectivity index is 3.46. The molecule has 54 valence electrons. The van der Waals surface area contributed by atoms with Crippen molar-refractivity contribution in [3.63, 3.8) is 0 Å². The fraction of sp³-hybridized carbons (Fsp3) is 0.833. The fourth-order valence-corrected chi connectivity index (χ4v) is 0.463. The minimum Gasteiger partial charge on any atom is -0.396 e. The van der Waals surface area contributed by atoms with Crippen molar-refractivity contribution in [1.29, 1.82) is 0 Å². The Hall–Kier alpha value is -0.570. The summed E-state index contributed by atoms with van der Waals surface area (Å²) in [5, 5.41) is 8.33. The number of carbonyl (C=O) groups is 1. The highest BCUT2D eigenvalue weighted by molar-refractivity contribution is 5.75. The van der Waals surface area contributed by atoms with Crippen molar-refractivity contribution in [2.45, 2.75) is 13.3 Å². The molecule has 0 heterocycles. The Morgan fingerprint density at radius 1 is 1.67 bits per heavy atom. The molecule has 1 amide bonds. The molecule has 0 aliphatic rings. The summed E-state index contributed by atoms with van der Waals surface area (Å²) in [6.07, 6.45) is 0.240. The topological polar surface area (TPSA) is 40.5 Å². The van der Waals surface area contributed by atoms with Crippen molar-refractivity contribution in [1.82, 2.24) is 4.90 Å². The number of hydrogen-bond donors (Lipinski definition) is 1. The van der Waals surface area contributed by atoms with Crippen molar-refractivity contribution >= 4 is 5.91 Å². The Kier molecular flexibility index (Phi) is 4.05. The van der Waals surface area contributed by atoms with Gasteiger partial charge in [0.15, 0.2) is 0 Å². The number of aliphatic hydroxyl groups excluding tert-OH is 1. The second-order valence-electron chi connectivity index (χ2n) is 1.88. The summed E-state index contributed by atoms with van der Waals surface area (Å²) < 4.78 is 0. The van der Waals surface area contributed by atoms with Crippen molar-refractivity contribution in [3.05, 3.63) is 0 Å². The van der Waals surface area contributed by atoms with Gasteiger partial charge in [-0.05, 0) is 6.92 Å². The molecule has 3 nitrogen and oxygen atoms in total. The van der Waals surface area contributed by atoms with Gasteiger partial charge < -0.3 is 10.0 Å². The maximum atomic E-state index is 10.7. The minimum atomic E-state index is -0.0524. The van der Waals surface area contributed by atoms with E-state index in [0.717, 1.165) is 0 Å². The summed E-state index contributed by atoms with van der Waals surface area (Å²) in [5.74, 6) is 0.000000000000000444. The van der Waals surface area contributed by atoms with Crippen LogP contribution in [0.15, 0.2) is 0 Å². The summed E-state index contributed by atoms with van der Waals surface area (Å²) in [5.41, 5.74) is 0. The average Bonchev–Trinajstić information content (AvgIpc) is 1.87. The predicted octanol–water partition coefficient (Wildman–Crippen LogP) is -0.153. The lowest BCUT2D eigenvalue weighted by Gasteiger charge is -2.12. The summed E-state index contributed by atoms with van der Waals surface area (Å²) in [6.45, 7) is 2.55. The Bertz CT molecular complexity index is 93.1. The summed E-state index contributed by atoms with van der Waals surface area (Å²) >= 11 is 0. The zero-order chi connectivity index (χ0) is 7.28. The molecule has 0 aromatic carbocycles. The van der Waals surface area contributed by atoms with Gasteiger partial charge in [0.25, 0.3) is 0 Å². The SMILES string of the molecule is CCN(C)C(=O)CCO. The minimum absolute atomic E-state index is 0.000000000000000444. The predicted molar refractivity (Wildman–Crippen MR) is 35.0 cm³/mol. The van der Waals surface area contributed by atoms with E-state index < -0.39 is 0 Å². The summed E-state index contributed by atoms with van der Waals surface area (Å²) in [7, 11) is 1.72. The average molecular weight is 131 g/mol. The lowest BCUT2D eigenvalue weighted by molar-refractivity contribution is -0.130. The molecule has 0 spiro atoms. The quantitative estimate of drug-likeness (QED) is 0.578. The molecule has 0 saturated carbocycles. The molecular formula is C6H13NO2. The van der Waals surface area contributed by atoms with Crippen molar-refractivity contribution in [2.75, 3.05) is 20.2 Å².